The van der Waals surface area contributed by atoms with Gasteiger partial charge in [-0.05, 0) is 17.8 Å². The third kappa shape index (κ3) is 10.1. The van der Waals surface area contributed by atoms with Crippen molar-refractivity contribution in [2.75, 3.05) is 11.9 Å². The van der Waals surface area contributed by atoms with E-state index >= 15 is 0 Å². The summed E-state index contributed by atoms with van der Waals surface area (Å²) in [5.74, 6) is 1.92. The topological polar surface area (TPSA) is 126 Å². The number of aromatic nitrogens is 2. The minimum atomic E-state index is -1.61. The van der Waals surface area contributed by atoms with Crippen LogP contribution in [0.5, 0.6) is 0 Å². The smallest absolute Gasteiger partial charge is 0.386 e. The molecule has 2 aliphatic rings. The minimum absolute atomic E-state index is 0.0189. The number of amides is 1. The van der Waals surface area contributed by atoms with Crippen molar-refractivity contribution < 1.29 is 33.1 Å². The molecule has 0 bridgehead atoms. The summed E-state index contributed by atoms with van der Waals surface area (Å²) in [7, 11) is 0. The number of anilines is 1. The van der Waals surface area contributed by atoms with E-state index in [0.717, 1.165) is 51.4 Å². The average molecular weight is 615 g/mol. The van der Waals surface area contributed by atoms with Gasteiger partial charge in [-0.1, -0.05) is 108 Å². The Balaban J connectivity index is 1.59. The van der Waals surface area contributed by atoms with Gasteiger partial charge in [0.2, 0.25) is 23.7 Å². The third-order valence-corrected chi connectivity index (χ3v) is 8.07. The Bertz CT molecular complexity index is 1210. The van der Waals surface area contributed by atoms with Gasteiger partial charge in [-0.15, -0.1) is 10.8 Å². The van der Waals surface area contributed by atoms with Gasteiger partial charge in [0.25, 0.3) is 5.69 Å². The number of aliphatic hydroxyl groups excluding tert-OH is 1. The molecule has 11 heteroatoms. The number of esters is 1. The number of ether oxygens (including phenoxy) is 2. The van der Waals surface area contributed by atoms with Gasteiger partial charge in [0.15, 0.2) is 11.9 Å². The third-order valence-electron chi connectivity index (χ3n) is 8.07. The molecule has 3 heterocycles. The van der Waals surface area contributed by atoms with Gasteiger partial charge >= 0.3 is 17.9 Å². The largest absolute Gasteiger partial charge is 0.456 e. The van der Waals surface area contributed by atoms with Gasteiger partial charge < -0.3 is 19.9 Å². The maximum atomic E-state index is 14.5. The number of halogens is 1. The highest BCUT2D eigenvalue weighted by Crippen LogP contribution is 2.38. The molecule has 2 atom stereocenters. The number of carbonyl (C=O) groups excluding carboxylic acids is 2. The number of aliphatic hydroxyl groups is 1. The van der Waals surface area contributed by atoms with E-state index in [2.05, 4.69) is 40.0 Å². The van der Waals surface area contributed by atoms with Crippen molar-refractivity contribution in [3.8, 4) is 12.3 Å². The summed E-state index contributed by atoms with van der Waals surface area (Å²) in [6.07, 6.45) is 22.1. The Labute approximate surface area is 261 Å². The first-order chi connectivity index (χ1) is 21.4. The second kappa shape index (κ2) is 18.4. The van der Waals surface area contributed by atoms with Crippen molar-refractivity contribution >= 4 is 41.4 Å². The molecule has 1 aromatic heterocycles. The fraction of sp³-hybridized carbons (Fsp3) is 0.697. The molecule has 1 saturated heterocycles. The first kappa shape index (κ1) is 35.1. The number of hydrogen-bond donors (Lipinski definition) is 2. The number of unbranched alkanes of at least 4 members (excludes halogenated alkanes) is 13. The summed E-state index contributed by atoms with van der Waals surface area (Å²) in [4.78, 5) is 37.1. The summed E-state index contributed by atoms with van der Waals surface area (Å²) in [6, 6.07) is 0. The lowest BCUT2D eigenvalue weighted by Crippen LogP contribution is -2.44. The van der Waals surface area contributed by atoms with E-state index in [4.69, 9.17) is 15.9 Å². The first-order valence-electron chi connectivity index (χ1n) is 16.4. The number of hydrogen-bond acceptors (Lipinski definition) is 8. The van der Waals surface area contributed by atoms with Gasteiger partial charge in [0.1, 0.15) is 0 Å². The SMILES string of the molecule is C#C[C@]1(CO)OC(=[N+]2C=Nc3c(NC(=O)CCCCCCC)nc(F)nc32)C[C@@H]1OC(=O)CCCCCCCCCCCC. The van der Waals surface area contributed by atoms with Crippen LogP contribution in [-0.2, 0) is 19.1 Å². The molecule has 0 spiro atoms. The van der Waals surface area contributed by atoms with Crippen molar-refractivity contribution in [1.29, 1.82) is 0 Å². The van der Waals surface area contributed by atoms with Crippen LogP contribution < -0.4 is 5.32 Å². The van der Waals surface area contributed by atoms with Crippen molar-refractivity contribution in [1.82, 2.24) is 9.97 Å². The normalized spacial score (nSPS) is 20.3. The number of terminal acetylenes is 1. The van der Waals surface area contributed by atoms with E-state index in [1.165, 1.54) is 49.4 Å². The molecule has 2 N–H and O–H groups in total. The van der Waals surface area contributed by atoms with Crippen LogP contribution in [0.3, 0.4) is 0 Å². The molecule has 10 nitrogen and oxygen atoms in total. The second-order valence-electron chi connectivity index (χ2n) is 11.6. The van der Waals surface area contributed by atoms with E-state index in [-0.39, 0.29) is 48.4 Å². The molecule has 0 unspecified atom stereocenters. The summed E-state index contributed by atoms with van der Waals surface area (Å²) in [5, 5.41) is 12.8. The van der Waals surface area contributed by atoms with Crippen molar-refractivity contribution in [2.24, 2.45) is 4.99 Å². The molecule has 1 amide bonds. The monoisotopic (exact) mass is 614 g/mol. The molecule has 0 radical (unpaired) electrons. The molecule has 0 aliphatic carbocycles. The summed E-state index contributed by atoms with van der Waals surface area (Å²) in [5.41, 5.74) is -1.45. The van der Waals surface area contributed by atoms with E-state index in [0.29, 0.717) is 6.42 Å². The fourth-order valence-electron chi connectivity index (χ4n) is 5.43. The van der Waals surface area contributed by atoms with Crippen LogP contribution in [0.25, 0.3) is 0 Å². The zero-order valence-electron chi connectivity index (χ0n) is 26.4. The molecule has 242 valence electrons. The van der Waals surface area contributed by atoms with Crippen LogP contribution >= 0.6 is 0 Å². The van der Waals surface area contributed by atoms with Crippen LogP contribution in [0.2, 0.25) is 0 Å². The number of fused-ring (bicyclic) bond motifs is 1. The number of aliphatic imine (C=N–C) groups is 1. The standard InChI is InChI=1S/C33H48FN5O5/c1-4-7-9-11-12-13-14-15-17-19-21-28(42)43-25-22-27(44-33(25,6-3)23-40)39-24-35-29-30(37-32(34)38-31(29)39)36-26(41)20-18-16-10-8-5-2/h3,24-25,40H,4-5,7-23H2,1-2H3/p+1/t25-,33+/m0/s1. The molecule has 44 heavy (non-hydrogen) atoms. The van der Waals surface area contributed by atoms with Crippen molar-refractivity contribution in [3.05, 3.63) is 6.08 Å². The number of nitrogens with one attached hydrogen (secondary N) is 1. The zero-order chi connectivity index (χ0) is 31.8. The second-order valence-corrected chi connectivity index (χ2v) is 11.6. The predicted molar refractivity (Wildman–Crippen MR) is 168 cm³/mol. The molecule has 3 rings (SSSR count). The lowest BCUT2D eigenvalue weighted by atomic mass is 9.98. The molecule has 0 saturated carbocycles. The van der Waals surface area contributed by atoms with Crippen LogP contribution in [0, 0.1) is 18.4 Å². The molecule has 1 aromatic rings. The Hall–Kier alpha value is -3.39. The highest BCUT2D eigenvalue weighted by Gasteiger charge is 2.52. The number of nitrogens with zero attached hydrogens (tertiary/aromatic N) is 4. The number of carbonyl (C=O) groups is 2. The number of rotatable bonds is 20. The highest BCUT2D eigenvalue weighted by molar-refractivity contribution is 5.95. The van der Waals surface area contributed by atoms with Crippen LogP contribution in [0.4, 0.5) is 21.7 Å². The van der Waals surface area contributed by atoms with Gasteiger partial charge in [-0.25, -0.2) is 0 Å². The van der Waals surface area contributed by atoms with Crippen LogP contribution in [-0.4, -0.2) is 62.1 Å². The molecule has 2 aliphatic heterocycles. The highest BCUT2D eigenvalue weighted by atomic mass is 19.1. The zero-order valence-corrected chi connectivity index (χ0v) is 26.4. The maximum Gasteiger partial charge on any atom is 0.386 e. The van der Waals surface area contributed by atoms with E-state index < -0.39 is 30.4 Å². The van der Waals surface area contributed by atoms with Gasteiger partial charge in [-0.2, -0.15) is 9.56 Å². The molecule has 0 aromatic carbocycles. The quantitative estimate of drug-likeness (QED) is 0.0555. The van der Waals surface area contributed by atoms with E-state index in [1.54, 1.807) is 0 Å². The Morgan fingerprint density at radius 3 is 2.20 bits per heavy atom. The summed E-state index contributed by atoms with van der Waals surface area (Å²) in [6.45, 7) is 3.74. The van der Waals surface area contributed by atoms with Crippen LogP contribution in [0.1, 0.15) is 129 Å². The molecular weight excluding hydrogens is 565 g/mol. The molecule has 1 fully saturated rings. The first-order valence-corrected chi connectivity index (χ1v) is 16.4. The van der Waals surface area contributed by atoms with Gasteiger partial charge in [0, 0.05) is 12.8 Å². The van der Waals surface area contributed by atoms with E-state index in [1.807, 2.05) is 0 Å². The van der Waals surface area contributed by atoms with Gasteiger partial charge in [-0.3, -0.25) is 9.59 Å². The lowest BCUT2D eigenvalue weighted by Gasteiger charge is -2.25. The average Bonchev–Trinajstić information content (AvgIpc) is 3.59. The lowest BCUT2D eigenvalue weighted by molar-refractivity contribution is -0.312. The Morgan fingerprint density at radius 2 is 1.61 bits per heavy atom. The summed E-state index contributed by atoms with van der Waals surface area (Å²) < 4.78 is 27.5. The maximum absolute atomic E-state index is 14.5. The Morgan fingerprint density at radius 1 is 1.02 bits per heavy atom. The predicted octanol–water partition coefficient (Wildman–Crippen LogP) is 6.64. The molecular formula is C33H49FN5O5+. The van der Waals surface area contributed by atoms with Crippen molar-refractivity contribution in [2.45, 2.75) is 141 Å². The van der Waals surface area contributed by atoms with E-state index in [9.17, 15) is 19.1 Å². The van der Waals surface area contributed by atoms with Gasteiger partial charge in [0.05, 0.1) is 13.0 Å². The fourth-order valence-corrected chi connectivity index (χ4v) is 5.43. The van der Waals surface area contributed by atoms with Crippen molar-refractivity contribution in [3.63, 3.8) is 0 Å². The van der Waals surface area contributed by atoms with Crippen LogP contribution in [0.15, 0.2) is 4.99 Å². The summed E-state index contributed by atoms with van der Waals surface area (Å²) >= 11 is 0. The minimum Gasteiger partial charge on any atom is -0.456 e. The Kier molecular flexibility index (Phi) is 14.7.